The Bertz CT molecular complexity index is 245. The number of rotatable bonds is 2. The van der Waals surface area contributed by atoms with E-state index in [1.54, 1.807) is 0 Å². The molecule has 0 spiro atoms. The summed E-state index contributed by atoms with van der Waals surface area (Å²) in [5.74, 6) is 0. The summed E-state index contributed by atoms with van der Waals surface area (Å²) in [5, 5.41) is 7.24. The van der Waals surface area contributed by atoms with Gasteiger partial charge >= 0.3 is 0 Å². The lowest BCUT2D eigenvalue weighted by Gasteiger charge is -2.47. The summed E-state index contributed by atoms with van der Waals surface area (Å²) in [6, 6.07) is 1.14. The molecule has 4 unspecified atom stereocenters. The molecule has 2 saturated heterocycles. The van der Waals surface area contributed by atoms with Crippen LogP contribution in [0.5, 0.6) is 0 Å². The summed E-state index contributed by atoms with van der Waals surface area (Å²) in [5.41, 5.74) is -0.313. The predicted molar refractivity (Wildman–Crippen MR) is 70.8 cm³/mol. The molecule has 2 heterocycles. The molecule has 0 amide bonds. The number of ether oxygens (including phenoxy) is 1. The van der Waals surface area contributed by atoms with Crippen LogP contribution in [0.1, 0.15) is 66.2 Å². The second kappa shape index (κ2) is 4.87. The molecule has 17 heavy (non-hydrogen) atoms. The van der Waals surface area contributed by atoms with E-state index in [9.17, 15) is 0 Å². The Balaban J connectivity index is 1.98. The van der Waals surface area contributed by atoms with Gasteiger partial charge in [0.2, 0.25) is 0 Å². The summed E-state index contributed by atoms with van der Waals surface area (Å²) < 4.78 is 6.43. The number of hydrogen-bond donors (Lipinski definition) is 2. The Morgan fingerprint density at radius 3 is 1.65 bits per heavy atom. The average Bonchev–Trinajstić information content (AvgIpc) is 2.14. The second-order valence-electron chi connectivity index (χ2n) is 6.44. The van der Waals surface area contributed by atoms with E-state index in [4.69, 9.17) is 4.74 Å². The molecule has 0 radical (unpaired) electrons. The van der Waals surface area contributed by atoms with Crippen molar-refractivity contribution in [2.75, 3.05) is 0 Å². The first-order valence-electron chi connectivity index (χ1n) is 7.16. The fourth-order valence-corrected chi connectivity index (χ4v) is 3.48. The van der Waals surface area contributed by atoms with E-state index >= 15 is 0 Å². The van der Waals surface area contributed by atoms with E-state index in [1.807, 2.05) is 0 Å². The van der Waals surface area contributed by atoms with Gasteiger partial charge in [-0.2, -0.15) is 0 Å². The monoisotopic (exact) mass is 240 g/mol. The maximum Gasteiger partial charge on any atom is 0.118 e. The molecule has 0 bridgehead atoms. The quantitative estimate of drug-likeness (QED) is 0.778. The molecule has 2 fully saturated rings. The second-order valence-corrected chi connectivity index (χ2v) is 6.44. The number of piperidine rings is 2. The van der Waals surface area contributed by atoms with Gasteiger partial charge in [-0.25, -0.2) is 0 Å². The minimum atomic E-state index is -0.156. The van der Waals surface area contributed by atoms with E-state index in [2.05, 4.69) is 38.3 Å². The van der Waals surface area contributed by atoms with Gasteiger partial charge in [0.25, 0.3) is 0 Å². The Hall–Kier alpha value is -0.120. The third-order valence-corrected chi connectivity index (χ3v) is 4.14. The first-order valence-corrected chi connectivity index (χ1v) is 7.16. The van der Waals surface area contributed by atoms with Crippen molar-refractivity contribution in [3.8, 4) is 0 Å². The van der Waals surface area contributed by atoms with Gasteiger partial charge in [0.1, 0.15) is 11.4 Å². The lowest BCUT2D eigenvalue weighted by atomic mass is 9.94. The van der Waals surface area contributed by atoms with Gasteiger partial charge in [-0.15, -0.1) is 0 Å². The highest BCUT2D eigenvalue weighted by molar-refractivity contribution is 4.89. The summed E-state index contributed by atoms with van der Waals surface area (Å²) >= 11 is 0. The van der Waals surface area contributed by atoms with Crippen molar-refractivity contribution in [1.29, 1.82) is 0 Å². The predicted octanol–water partition coefficient (Wildman–Crippen LogP) is 2.76. The molecule has 0 aromatic heterocycles. The molecular formula is C14H28N2O. The van der Waals surface area contributed by atoms with Gasteiger partial charge in [0.05, 0.1) is 0 Å². The first-order chi connectivity index (χ1) is 7.91. The minimum Gasteiger partial charge on any atom is -0.340 e. The molecule has 100 valence electrons. The zero-order valence-electron chi connectivity index (χ0n) is 11.8. The number of hydrogen-bond acceptors (Lipinski definition) is 3. The molecule has 0 aliphatic carbocycles. The lowest BCUT2D eigenvalue weighted by Crippen LogP contribution is -2.62. The third-order valence-electron chi connectivity index (χ3n) is 4.14. The first kappa shape index (κ1) is 13.3. The molecule has 0 aromatic carbocycles. The van der Waals surface area contributed by atoms with E-state index in [0.29, 0.717) is 12.1 Å². The Kier molecular flexibility index (Phi) is 3.81. The van der Waals surface area contributed by atoms with Gasteiger partial charge in [0.15, 0.2) is 0 Å². The van der Waals surface area contributed by atoms with Crippen molar-refractivity contribution in [1.82, 2.24) is 10.6 Å². The Morgan fingerprint density at radius 2 is 1.29 bits per heavy atom. The van der Waals surface area contributed by atoms with Crippen LogP contribution < -0.4 is 10.6 Å². The minimum absolute atomic E-state index is 0.156. The topological polar surface area (TPSA) is 33.3 Å². The van der Waals surface area contributed by atoms with Crippen molar-refractivity contribution < 1.29 is 4.74 Å². The fraction of sp³-hybridized carbons (Fsp3) is 1.00. The molecule has 2 rings (SSSR count). The molecule has 2 aliphatic heterocycles. The van der Waals surface area contributed by atoms with Gasteiger partial charge in [-0.3, -0.25) is 10.6 Å². The van der Waals surface area contributed by atoms with Crippen molar-refractivity contribution in [3.05, 3.63) is 0 Å². The van der Waals surface area contributed by atoms with Crippen LogP contribution in [0, 0.1) is 0 Å². The van der Waals surface area contributed by atoms with Crippen molar-refractivity contribution >= 4 is 0 Å². The van der Waals surface area contributed by atoms with Gasteiger partial charge in [-0.05, 0) is 66.2 Å². The van der Waals surface area contributed by atoms with Gasteiger partial charge < -0.3 is 4.74 Å². The van der Waals surface area contributed by atoms with Crippen LogP contribution in [0.15, 0.2) is 0 Å². The van der Waals surface area contributed by atoms with Crippen LogP contribution in [-0.2, 0) is 4.74 Å². The Morgan fingerprint density at radius 1 is 0.882 bits per heavy atom. The third kappa shape index (κ3) is 3.43. The fourth-order valence-electron chi connectivity index (χ4n) is 3.48. The van der Waals surface area contributed by atoms with Crippen LogP contribution in [0.4, 0.5) is 0 Å². The SMILES string of the molecule is CC1CCCC(C)(OC2(C)CCCC(C)N2)N1. The van der Waals surface area contributed by atoms with Gasteiger partial charge in [-0.1, -0.05) is 0 Å². The lowest BCUT2D eigenvalue weighted by molar-refractivity contribution is -0.198. The molecule has 3 heteroatoms. The highest BCUT2D eigenvalue weighted by Crippen LogP contribution is 2.32. The normalized spacial score (nSPS) is 48.0. The molecule has 2 aliphatic rings. The van der Waals surface area contributed by atoms with Crippen molar-refractivity contribution in [2.24, 2.45) is 0 Å². The van der Waals surface area contributed by atoms with Crippen LogP contribution in [-0.4, -0.2) is 23.5 Å². The van der Waals surface area contributed by atoms with E-state index in [1.165, 1.54) is 25.7 Å². The zero-order valence-corrected chi connectivity index (χ0v) is 11.8. The van der Waals surface area contributed by atoms with Crippen LogP contribution in [0.3, 0.4) is 0 Å². The maximum absolute atomic E-state index is 6.43. The average molecular weight is 240 g/mol. The summed E-state index contributed by atoms with van der Waals surface area (Å²) in [7, 11) is 0. The molecule has 2 N–H and O–H groups in total. The maximum atomic E-state index is 6.43. The smallest absolute Gasteiger partial charge is 0.118 e. The van der Waals surface area contributed by atoms with Crippen LogP contribution in [0.2, 0.25) is 0 Å². The van der Waals surface area contributed by atoms with Crippen LogP contribution in [0.25, 0.3) is 0 Å². The summed E-state index contributed by atoms with van der Waals surface area (Å²) in [4.78, 5) is 0. The van der Waals surface area contributed by atoms with E-state index < -0.39 is 0 Å². The molecule has 4 atom stereocenters. The van der Waals surface area contributed by atoms with Crippen molar-refractivity contribution in [3.63, 3.8) is 0 Å². The molecule has 3 nitrogen and oxygen atoms in total. The molecule has 0 saturated carbocycles. The number of nitrogens with one attached hydrogen (secondary N) is 2. The summed E-state index contributed by atoms with van der Waals surface area (Å²) in [6.45, 7) is 8.91. The molecule has 0 aromatic rings. The highest BCUT2D eigenvalue weighted by atomic mass is 16.5. The highest BCUT2D eigenvalue weighted by Gasteiger charge is 2.40. The van der Waals surface area contributed by atoms with Gasteiger partial charge in [0, 0.05) is 12.1 Å². The van der Waals surface area contributed by atoms with E-state index in [0.717, 1.165) is 12.8 Å². The van der Waals surface area contributed by atoms with E-state index in [-0.39, 0.29) is 11.4 Å². The summed E-state index contributed by atoms with van der Waals surface area (Å²) in [6.07, 6.45) is 7.28. The Labute approximate surface area is 106 Å². The van der Waals surface area contributed by atoms with Crippen molar-refractivity contribution in [2.45, 2.75) is 89.8 Å². The molecular weight excluding hydrogens is 212 g/mol. The zero-order chi connectivity index (χ0) is 12.5. The van der Waals surface area contributed by atoms with Crippen LogP contribution >= 0.6 is 0 Å². The standard InChI is InChI=1S/C14H28N2O/c1-11-7-5-9-13(3,15-11)17-14(4)10-6-8-12(2)16-14/h11-12,15-16H,5-10H2,1-4H3. The largest absolute Gasteiger partial charge is 0.340 e.